The van der Waals surface area contributed by atoms with Gasteiger partial charge in [0.15, 0.2) is 5.82 Å². The minimum atomic E-state index is -0.161. The molecule has 1 aliphatic heterocycles. The summed E-state index contributed by atoms with van der Waals surface area (Å²) in [5, 5.41) is 17.4. The molecule has 24 heavy (non-hydrogen) atoms. The van der Waals surface area contributed by atoms with E-state index in [4.69, 9.17) is 0 Å². The summed E-state index contributed by atoms with van der Waals surface area (Å²) in [6.07, 6.45) is 1.42. The molecule has 0 saturated heterocycles. The Hall–Kier alpha value is -3.00. The lowest BCUT2D eigenvalue weighted by molar-refractivity contribution is 0.0951. The Bertz CT molecular complexity index is 830. The topological polar surface area (TPSA) is 101 Å². The Labute approximate surface area is 138 Å². The largest absolute Gasteiger partial charge is 0.346 e. The third kappa shape index (κ3) is 2.79. The normalized spacial score (nSPS) is 13.5. The zero-order chi connectivity index (χ0) is 16.4. The lowest BCUT2D eigenvalue weighted by Crippen LogP contribution is -2.28. The third-order valence-electron chi connectivity index (χ3n) is 3.99. The van der Waals surface area contributed by atoms with Gasteiger partial charge in [0.25, 0.3) is 5.91 Å². The number of rotatable bonds is 4. The number of hydrogen-bond donors (Lipinski definition) is 3. The van der Waals surface area contributed by atoms with Gasteiger partial charge >= 0.3 is 0 Å². The van der Waals surface area contributed by atoms with Crippen molar-refractivity contribution >= 4 is 5.91 Å². The fourth-order valence-electron chi connectivity index (χ4n) is 2.83. The number of carbonyl (C=O) groups excluding carboxylic acids is 1. The predicted molar refractivity (Wildman–Crippen MR) is 86.9 cm³/mol. The molecule has 122 valence electrons. The second-order valence-corrected chi connectivity index (χ2v) is 5.59. The number of H-pyrrole nitrogens is 1. The maximum atomic E-state index is 12.6. The van der Waals surface area contributed by atoms with Crippen molar-refractivity contribution < 1.29 is 4.79 Å². The molecule has 1 aromatic carbocycles. The number of hydrogen-bond acceptors (Lipinski definition) is 5. The van der Waals surface area contributed by atoms with E-state index in [9.17, 15) is 4.79 Å². The summed E-state index contributed by atoms with van der Waals surface area (Å²) in [6, 6.07) is 9.33. The molecule has 0 saturated carbocycles. The van der Waals surface area contributed by atoms with Gasteiger partial charge in [0.05, 0.1) is 30.0 Å². The Morgan fingerprint density at radius 3 is 3.08 bits per heavy atom. The van der Waals surface area contributed by atoms with Crippen LogP contribution >= 0.6 is 0 Å². The fraction of sp³-hybridized carbons (Fsp3) is 0.250. The smallest absolute Gasteiger partial charge is 0.252 e. The van der Waals surface area contributed by atoms with Crippen LogP contribution in [-0.4, -0.2) is 37.4 Å². The van der Waals surface area contributed by atoms with Crippen LogP contribution in [0.3, 0.4) is 0 Å². The van der Waals surface area contributed by atoms with E-state index in [2.05, 4.69) is 30.9 Å². The van der Waals surface area contributed by atoms with Gasteiger partial charge in [-0.15, -0.1) is 0 Å². The van der Waals surface area contributed by atoms with Crippen LogP contribution in [0.1, 0.15) is 21.7 Å². The second kappa shape index (κ2) is 6.25. The van der Waals surface area contributed by atoms with Crippen LogP contribution in [-0.2, 0) is 19.6 Å². The van der Waals surface area contributed by atoms with E-state index in [0.717, 1.165) is 36.6 Å². The van der Waals surface area contributed by atoms with E-state index < -0.39 is 0 Å². The van der Waals surface area contributed by atoms with E-state index in [-0.39, 0.29) is 5.91 Å². The van der Waals surface area contributed by atoms with Gasteiger partial charge in [0.2, 0.25) is 0 Å². The molecule has 1 amide bonds. The number of carbonyl (C=O) groups is 1. The molecule has 8 heteroatoms. The summed E-state index contributed by atoms with van der Waals surface area (Å²) in [4.78, 5) is 16.7. The van der Waals surface area contributed by atoms with Crippen molar-refractivity contribution in [3.05, 3.63) is 53.6 Å². The molecular weight excluding hydrogens is 306 g/mol. The molecule has 1 aliphatic rings. The first-order valence-corrected chi connectivity index (χ1v) is 7.80. The van der Waals surface area contributed by atoms with Gasteiger partial charge in [-0.1, -0.05) is 18.2 Å². The first kappa shape index (κ1) is 14.6. The van der Waals surface area contributed by atoms with Crippen molar-refractivity contribution in [3.8, 4) is 11.4 Å². The van der Waals surface area contributed by atoms with Gasteiger partial charge < -0.3 is 10.6 Å². The average molecular weight is 323 g/mol. The van der Waals surface area contributed by atoms with Gasteiger partial charge in [0.1, 0.15) is 6.33 Å². The zero-order valence-corrected chi connectivity index (χ0v) is 13.0. The highest BCUT2D eigenvalue weighted by molar-refractivity contribution is 6.00. The molecule has 0 radical (unpaired) electrons. The van der Waals surface area contributed by atoms with Crippen LogP contribution in [0, 0.1) is 0 Å². The SMILES string of the molecule is O=C(NCc1cc2n(n1)CCNC2)c1ccccc1-c1ncn[nH]1. The van der Waals surface area contributed by atoms with E-state index >= 15 is 0 Å². The summed E-state index contributed by atoms with van der Waals surface area (Å²) in [5.41, 5.74) is 3.28. The molecule has 0 aliphatic carbocycles. The molecular formula is C16H17N7O. The molecule has 0 fully saturated rings. The monoisotopic (exact) mass is 323 g/mol. The van der Waals surface area contributed by atoms with Crippen LogP contribution in [0.2, 0.25) is 0 Å². The number of nitrogens with zero attached hydrogens (tertiary/aromatic N) is 4. The second-order valence-electron chi connectivity index (χ2n) is 5.59. The first-order chi connectivity index (χ1) is 11.8. The molecule has 8 nitrogen and oxygen atoms in total. The summed E-state index contributed by atoms with van der Waals surface area (Å²) in [6.45, 7) is 2.99. The highest BCUT2D eigenvalue weighted by atomic mass is 16.1. The molecule has 3 heterocycles. The minimum absolute atomic E-state index is 0.161. The Morgan fingerprint density at radius 2 is 2.25 bits per heavy atom. The molecule has 2 aromatic heterocycles. The molecule has 4 rings (SSSR count). The van der Waals surface area contributed by atoms with Gasteiger partial charge in [0, 0.05) is 18.7 Å². The lowest BCUT2D eigenvalue weighted by Gasteiger charge is -2.13. The van der Waals surface area contributed by atoms with Gasteiger partial charge in [-0.2, -0.15) is 10.2 Å². The zero-order valence-electron chi connectivity index (χ0n) is 13.0. The highest BCUT2D eigenvalue weighted by Crippen LogP contribution is 2.19. The predicted octanol–water partition coefficient (Wildman–Crippen LogP) is 0.701. The van der Waals surface area contributed by atoms with Crippen LogP contribution in [0.5, 0.6) is 0 Å². The summed E-state index contributed by atoms with van der Waals surface area (Å²) in [5.74, 6) is 0.412. The number of nitrogens with one attached hydrogen (secondary N) is 3. The number of aromatic nitrogens is 5. The molecule has 0 atom stereocenters. The van der Waals surface area contributed by atoms with E-state index in [1.165, 1.54) is 6.33 Å². The first-order valence-electron chi connectivity index (χ1n) is 7.80. The molecule has 0 spiro atoms. The molecule has 3 N–H and O–H groups in total. The fourth-order valence-corrected chi connectivity index (χ4v) is 2.83. The number of aromatic amines is 1. The van der Waals surface area contributed by atoms with E-state index in [1.54, 1.807) is 6.07 Å². The van der Waals surface area contributed by atoms with Crippen LogP contribution in [0.25, 0.3) is 11.4 Å². The Kier molecular flexibility index (Phi) is 3.80. The number of benzene rings is 1. The van der Waals surface area contributed by atoms with Crippen LogP contribution < -0.4 is 10.6 Å². The van der Waals surface area contributed by atoms with Gasteiger partial charge in [-0.05, 0) is 12.1 Å². The van der Waals surface area contributed by atoms with Gasteiger partial charge in [-0.3, -0.25) is 14.6 Å². The standard InChI is InChI=1S/C16H17N7O/c24-16(14-4-2-1-3-13(14)15-19-10-20-21-15)18-8-11-7-12-9-17-5-6-23(12)22-11/h1-4,7,10,17H,5-6,8-9H2,(H,18,24)(H,19,20,21). The third-order valence-corrected chi connectivity index (χ3v) is 3.99. The van der Waals surface area contributed by atoms with Crippen LogP contribution in [0.15, 0.2) is 36.7 Å². The Balaban J connectivity index is 1.50. The summed E-state index contributed by atoms with van der Waals surface area (Å²) >= 11 is 0. The van der Waals surface area contributed by atoms with Crippen molar-refractivity contribution in [1.29, 1.82) is 0 Å². The number of amides is 1. The summed E-state index contributed by atoms with van der Waals surface area (Å²) < 4.78 is 1.99. The molecule has 0 bridgehead atoms. The average Bonchev–Trinajstić information content (AvgIpc) is 3.28. The highest BCUT2D eigenvalue weighted by Gasteiger charge is 2.16. The van der Waals surface area contributed by atoms with Crippen molar-refractivity contribution in [2.75, 3.05) is 6.54 Å². The number of fused-ring (bicyclic) bond motifs is 1. The molecule has 0 unspecified atom stereocenters. The maximum Gasteiger partial charge on any atom is 0.252 e. The van der Waals surface area contributed by atoms with E-state index in [1.807, 2.05) is 28.9 Å². The summed E-state index contributed by atoms with van der Waals surface area (Å²) in [7, 11) is 0. The quantitative estimate of drug-likeness (QED) is 0.656. The molecule has 3 aromatic rings. The van der Waals surface area contributed by atoms with Crippen molar-refractivity contribution in [2.24, 2.45) is 0 Å². The van der Waals surface area contributed by atoms with Crippen LogP contribution in [0.4, 0.5) is 0 Å². The minimum Gasteiger partial charge on any atom is -0.346 e. The lowest BCUT2D eigenvalue weighted by atomic mass is 10.1. The van der Waals surface area contributed by atoms with E-state index in [0.29, 0.717) is 17.9 Å². The Morgan fingerprint density at radius 1 is 1.33 bits per heavy atom. The van der Waals surface area contributed by atoms with Crippen molar-refractivity contribution in [1.82, 2.24) is 35.6 Å². The van der Waals surface area contributed by atoms with Crippen molar-refractivity contribution in [3.63, 3.8) is 0 Å². The maximum absolute atomic E-state index is 12.6. The van der Waals surface area contributed by atoms with Crippen molar-refractivity contribution in [2.45, 2.75) is 19.6 Å². The van der Waals surface area contributed by atoms with Gasteiger partial charge in [-0.25, -0.2) is 4.98 Å².